The van der Waals surface area contributed by atoms with Crippen molar-refractivity contribution in [2.45, 2.75) is 39.5 Å². The van der Waals surface area contributed by atoms with E-state index in [2.05, 4.69) is 32.7 Å². The van der Waals surface area contributed by atoms with E-state index in [4.69, 9.17) is 14.5 Å². The van der Waals surface area contributed by atoms with Crippen molar-refractivity contribution in [1.29, 1.82) is 0 Å². The first kappa shape index (κ1) is 16.2. The Morgan fingerprint density at radius 2 is 1.55 bits per heavy atom. The maximum atomic E-state index is 10.0. The van der Waals surface area contributed by atoms with Gasteiger partial charge in [-0.15, -0.1) is 0 Å². The molecule has 1 aromatic heterocycles. The molecule has 0 atom stereocenters. The fraction of sp³-hybridized carbons (Fsp3) is 0.471. The summed E-state index contributed by atoms with van der Waals surface area (Å²) in [7, 11) is 3.03. The predicted octanol–water partition coefficient (Wildman–Crippen LogP) is 4.05. The van der Waals surface area contributed by atoms with Crippen molar-refractivity contribution in [3.63, 3.8) is 0 Å². The van der Waals surface area contributed by atoms with E-state index in [1.54, 1.807) is 12.1 Å². The average Bonchev–Trinajstić information content (AvgIpc) is 2.93. The Kier molecular flexibility index (Phi) is 4.64. The van der Waals surface area contributed by atoms with Crippen molar-refractivity contribution in [2.24, 2.45) is 0 Å². The Morgan fingerprint density at radius 3 is 1.91 bits per heavy atom. The van der Waals surface area contributed by atoms with Crippen LogP contribution < -0.4 is 9.47 Å². The lowest BCUT2D eigenvalue weighted by Crippen LogP contribution is -1.96. The van der Waals surface area contributed by atoms with E-state index >= 15 is 0 Å². The number of aromatic amines is 1. The molecule has 1 aromatic carbocycles. The number of aromatic hydroxyl groups is 1. The number of methoxy groups -OCH3 is 2. The van der Waals surface area contributed by atoms with Crippen molar-refractivity contribution < 1.29 is 14.6 Å². The molecule has 2 N–H and O–H groups in total. The maximum Gasteiger partial charge on any atom is 0.200 e. The number of imidazole rings is 1. The highest BCUT2D eigenvalue weighted by molar-refractivity contribution is 5.66. The summed E-state index contributed by atoms with van der Waals surface area (Å²) in [5, 5.41) is 10.0. The minimum atomic E-state index is -0.00604. The van der Waals surface area contributed by atoms with Gasteiger partial charge in [0.25, 0.3) is 0 Å². The maximum absolute atomic E-state index is 10.0. The van der Waals surface area contributed by atoms with Crippen molar-refractivity contribution >= 4 is 0 Å². The normalized spacial score (nSPS) is 11.3. The average molecular weight is 304 g/mol. The van der Waals surface area contributed by atoms with Crippen molar-refractivity contribution in [3.8, 4) is 28.6 Å². The third kappa shape index (κ3) is 2.89. The summed E-state index contributed by atoms with van der Waals surface area (Å²) < 4.78 is 10.4. The molecule has 0 aliphatic heterocycles. The molecule has 2 rings (SSSR count). The molecule has 0 bridgehead atoms. The number of hydrogen-bond donors (Lipinski definition) is 2. The summed E-state index contributed by atoms with van der Waals surface area (Å²) in [6.45, 7) is 8.54. The van der Waals surface area contributed by atoms with E-state index in [1.165, 1.54) is 14.2 Å². The van der Waals surface area contributed by atoms with E-state index in [1.807, 2.05) is 0 Å². The molecule has 5 nitrogen and oxygen atoms in total. The second kappa shape index (κ2) is 6.30. The van der Waals surface area contributed by atoms with Crippen LogP contribution in [0.1, 0.15) is 50.9 Å². The molecule has 0 spiro atoms. The summed E-state index contributed by atoms with van der Waals surface area (Å²) in [6, 6.07) is 3.51. The van der Waals surface area contributed by atoms with Crippen molar-refractivity contribution in [3.05, 3.63) is 23.5 Å². The van der Waals surface area contributed by atoms with Crippen molar-refractivity contribution in [2.75, 3.05) is 14.2 Å². The van der Waals surface area contributed by atoms with Gasteiger partial charge in [0.05, 0.1) is 19.9 Å². The Morgan fingerprint density at radius 1 is 1.00 bits per heavy atom. The van der Waals surface area contributed by atoms with Gasteiger partial charge in [0.15, 0.2) is 11.5 Å². The van der Waals surface area contributed by atoms with Gasteiger partial charge in [-0.1, -0.05) is 27.7 Å². The molecule has 120 valence electrons. The van der Waals surface area contributed by atoms with Crippen LogP contribution in [-0.2, 0) is 0 Å². The molecule has 0 saturated heterocycles. The smallest absolute Gasteiger partial charge is 0.200 e. The van der Waals surface area contributed by atoms with Gasteiger partial charge in [0.2, 0.25) is 5.75 Å². The molecule has 0 fully saturated rings. The molecule has 0 aliphatic rings. The van der Waals surface area contributed by atoms with Crippen LogP contribution in [0.4, 0.5) is 0 Å². The molecule has 0 unspecified atom stereocenters. The Bertz CT molecular complexity index is 609. The lowest BCUT2D eigenvalue weighted by Gasteiger charge is -2.10. The lowest BCUT2D eigenvalue weighted by atomic mass is 10.0. The summed E-state index contributed by atoms with van der Waals surface area (Å²) in [4.78, 5) is 8.13. The highest BCUT2D eigenvalue weighted by Gasteiger charge is 2.19. The standard InChI is InChI=1S/C17H24N2O3/c1-9(2)14-15(10(3)4)19-17(18-14)11-7-12(21-5)16(20)13(8-11)22-6/h7-10,20H,1-6H3,(H,18,19). The summed E-state index contributed by atoms with van der Waals surface area (Å²) in [5.74, 6) is 2.17. The quantitative estimate of drug-likeness (QED) is 0.874. The number of phenolic OH excluding ortho intramolecular Hbond substituents is 1. The number of ether oxygens (including phenoxy) is 2. The molecule has 1 heterocycles. The second-order valence-electron chi connectivity index (χ2n) is 5.92. The van der Waals surface area contributed by atoms with Gasteiger partial charge in [0.1, 0.15) is 5.82 Å². The van der Waals surface area contributed by atoms with Crippen LogP contribution in [0.3, 0.4) is 0 Å². The summed E-state index contributed by atoms with van der Waals surface area (Å²) in [5.41, 5.74) is 3.02. The first-order valence-electron chi connectivity index (χ1n) is 7.44. The Hall–Kier alpha value is -2.17. The molecular formula is C17H24N2O3. The summed E-state index contributed by atoms with van der Waals surface area (Å²) in [6.07, 6.45) is 0. The van der Waals surface area contributed by atoms with Crippen LogP contribution in [0.15, 0.2) is 12.1 Å². The second-order valence-corrected chi connectivity index (χ2v) is 5.92. The van der Waals surface area contributed by atoms with Crippen LogP contribution in [0.2, 0.25) is 0 Å². The molecule has 0 amide bonds. The monoisotopic (exact) mass is 304 g/mol. The third-order valence-corrected chi connectivity index (χ3v) is 3.64. The van der Waals surface area contributed by atoms with E-state index in [-0.39, 0.29) is 5.75 Å². The zero-order chi connectivity index (χ0) is 16.4. The van der Waals surface area contributed by atoms with Crippen LogP contribution in [0, 0.1) is 0 Å². The molecule has 2 aromatic rings. The highest BCUT2D eigenvalue weighted by Crippen LogP contribution is 2.40. The zero-order valence-electron chi connectivity index (χ0n) is 14.0. The number of phenols is 1. The molecular weight excluding hydrogens is 280 g/mol. The van der Waals surface area contributed by atoms with Crippen LogP contribution in [0.5, 0.6) is 17.2 Å². The van der Waals surface area contributed by atoms with Crippen LogP contribution in [-0.4, -0.2) is 29.3 Å². The van der Waals surface area contributed by atoms with Gasteiger partial charge >= 0.3 is 0 Å². The number of rotatable bonds is 5. The number of hydrogen-bond acceptors (Lipinski definition) is 4. The largest absolute Gasteiger partial charge is 0.502 e. The Labute approximate surface area is 131 Å². The van der Waals surface area contributed by atoms with Gasteiger partial charge < -0.3 is 19.6 Å². The summed E-state index contributed by atoms with van der Waals surface area (Å²) >= 11 is 0. The zero-order valence-corrected chi connectivity index (χ0v) is 14.0. The van der Waals surface area contributed by atoms with Gasteiger partial charge in [-0.3, -0.25) is 0 Å². The molecule has 0 aliphatic carbocycles. The predicted molar refractivity (Wildman–Crippen MR) is 87.0 cm³/mol. The molecule has 0 saturated carbocycles. The number of aromatic nitrogens is 2. The van der Waals surface area contributed by atoms with Crippen molar-refractivity contribution in [1.82, 2.24) is 9.97 Å². The van der Waals surface area contributed by atoms with Gasteiger partial charge in [-0.25, -0.2) is 4.98 Å². The van der Waals surface area contributed by atoms with E-state index < -0.39 is 0 Å². The fourth-order valence-electron chi connectivity index (χ4n) is 2.45. The van der Waals surface area contributed by atoms with Crippen LogP contribution >= 0.6 is 0 Å². The number of nitrogens with one attached hydrogen (secondary N) is 1. The molecule has 22 heavy (non-hydrogen) atoms. The van der Waals surface area contributed by atoms with Crippen LogP contribution in [0.25, 0.3) is 11.4 Å². The number of benzene rings is 1. The first-order chi connectivity index (χ1) is 10.4. The van der Waals surface area contributed by atoms with Gasteiger partial charge in [-0.2, -0.15) is 0 Å². The van der Waals surface area contributed by atoms with E-state index in [0.717, 1.165) is 22.8 Å². The first-order valence-corrected chi connectivity index (χ1v) is 7.44. The topological polar surface area (TPSA) is 67.4 Å². The van der Waals surface area contributed by atoms with E-state index in [9.17, 15) is 5.11 Å². The van der Waals surface area contributed by atoms with Gasteiger partial charge in [-0.05, 0) is 24.0 Å². The minimum absolute atomic E-state index is 0.00604. The lowest BCUT2D eigenvalue weighted by molar-refractivity contribution is 0.340. The molecule has 0 radical (unpaired) electrons. The molecule has 5 heteroatoms. The van der Waals surface area contributed by atoms with Gasteiger partial charge in [0, 0.05) is 11.3 Å². The number of nitrogens with zero attached hydrogens (tertiary/aromatic N) is 1. The SMILES string of the molecule is COc1cc(-c2nc(C(C)C)c(C(C)C)[nH]2)cc(OC)c1O. The Balaban J connectivity index is 2.59. The fourth-order valence-corrected chi connectivity index (χ4v) is 2.45. The minimum Gasteiger partial charge on any atom is -0.502 e. The third-order valence-electron chi connectivity index (χ3n) is 3.64. The number of H-pyrrole nitrogens is 1. The highest BCUT2D eigenvalue weighted by atomic mass is 16.5. The van der Waals surface area contributed by atoms with E-state index in [0.29, 0.717) is 23.3 Å².